The third-order valence-electron chi connectivity index (χ3n) is 2.36. The summed E-state index contributed by atoms with van der Waals surface area (Å²) in [5, 5.41) is 10.6. The maximum absolute atomic E-state index is 13.9. The van der Waals surface area contributed by atoms with E-state index in [2.05, 4.69) is 11.9 Å². The van der Waals surface area contributed by atoms with Gasteiger partial charge in [-0.05, 0) is 24.6 Å². The highest BCUT2D eigenvalue weighted by Gasteiger charge is 2.20. The van der Waals surface area contributed by atoms with Crippen molar-refractivity contribution in [1.82, 2.24) is 4.98 Å². The average Bonchev–Trinajstić information content (AvgIpc) is 2.30. The van der Waals surface area contributed by atoms with Crippen molar-refractivity contribution in [3.05, 3.63) is 64.7 Å². The summed E-state index contributed by atoms with van der Waals surface area (Å²) < 4.78 is 26.8. The Balaban J connectivity index is 2.64. The van der Waals surface area contributed by atoms with Crippen molar-refractivity contribution in [2.45, 2.75) is 0 Å². The van der Waals surface area contributed by atoms with Gasteiger partial charge in [-0.2, -0.15) is 4.39 Å². The summed E-state index contributed by atoms with van der Waals surface area (Å²) in [5.41, 5.74) is -0.487. The van der Waals surface area contributed by atoms with Gasteiger partial charge in [-0.1, -0.05) is 6.07 Å². The molecule has 0 fully saturated rings. The highest BCUT2D eigenvalue weighted by molar-refractivity contribution is 5.67. The number of nitro benzene ring substituents is 1. The number of aromatic nitrogens is 1. The third-order valence-corrected chi connectivity index (χ3v) is 2.36. The average molecular weight is 249 g/mol. The minimum Gasteiger partial charge on any atom is -0.258 e. The van der Waals surface area contributed by atoms with Gasteiger partial charge >= 0.3 is 5.69 Å². The topological polar surface area (TPSA) is 56.0 Å². The minimum atomic E-state index is -1.01. The highest BCUT2D eigenvalue weighted by Crippen LogP contribution is 2.29. The molecule has 1 aromatic heterocycles. The summed E-state index contributed by atoms with van der Waals surface area (Å²) >= 11 is 0. The van der Waals surface area contributed by atoms with Gasteiger partial charge in [0.1, 0.15) is 5.82 Å². The molecule has 0 saturated carbocycles. The lowest BCUT2D eigenvalue weighted by molar-refractivity contribution is -0.387. The summed E-state index contributed by atoms with van der Waals surface area (Å²) in [4.78, 5) is 13.5. The smallest absolute Gasteiger partial charge is 0.258 e. The molecule has 0 spiro atoms. The number of hydrogen-bond donors (Lipinski definition) is 0. The molecule has 0 saturated heterocycles. The second-order valence-corrected chi connectivity index (χ2v) is 3.56. The lowest BCUT2D eigenvalue weighted by atomic mass is 10.1. The van der Waals surface area contributed by atoms with Crippen LogP contribution in [-0.4, -0.2) is 9.91 Å². The van der Waals surface area contributed by atoms with Gasteiger partial charge < -0.3 is 0 Å². The standard InChI is InChI=1S/C12H7F2N2O2/c1-7-5-8(13)6-15-12(7)9-3-2-4-10(11(9)14)16(17)18/h2-6H,1H2. The van der Waals surface area contributed by atoms with Gasteiger partial charge in [0.25, 0.3) is 0 Å². The largest absolute Gasteiger partial charge is 0.305 e. The van der Waals surface area contributed by atoms with Crippen molar-refractivity contribution in [1.29, 1.82) is 0 Å². The van der Waals surface area contributed by atoms with E-state index >= 15 is 0 Å². The lowest BCUT2D eigenvalue weighted by Crippen LogP contribution is -1.97. The van der Waals surface area contributed by atoms with Gasteiger partial charge in [0.2, 0.25) is 5.82 Å². The molecule has 1 radical (unpaired) electrons. The fourth-order valence-electron chi connectivity index (χ4n) is 1.57. The Bertz CT molecular complexity index is 629. The van der Waals surface area contributed by atoms with Crippen LogP contribution in [0.5, 0.6) is 0 Å². The van der Waals surface area contributed by atoms with Gasteiger partial charge in [-0.3, -0.25) is 15.1 Å². The molecule has 1 aromatic carbocycles. The molecule has 0 aliphatic rings. The van der Waals surface area contributed by atoms with Crippen LogP contribution < -0.4 is 0 Å². The minimum absolute atomic E-state index is 0.0748. The van der Waals surface area contributed by atoms with Crippen molar-refractivity contribution in [3.8, 4) is 11.3 Å². The van der Waals surface area contributed by atoms with E-state index in [9.17, 15) is 18.9 Å². The predicted molar refractivity (Wildman–Crippen MR) is 60.7 cm³/mol. The molecule has 0 unspecified atom stereocenters. The molecule has 2 rings (SSSR count). The van der Waals surface area contributed by atoms with Crippen molar-refractivity contribution in [3.63, 3.8) is 0 Å². The van der Waals surface area contributed by atoms with Crippen molar-refractivity contribution >= 4 is 5.69 Å². The van der Waals surface area contributed by atoms with Gasteiger partial charge in [0, 0.05) is 11.6 Å². The first-order valence-electron chi connectivity index (χ1n) is 4.91. The number of nitrogens with zero attached hydrogens (tertiary/aromatic N) is 2. The first kappa shape index (κ1) is 12.1. The zero-order chi connectivity index (χ0) is 13.3. The van der Waals surface area contributed by atoms with Crippen LogP contribution in [0.15, 0.2) is 30.5 Å². The third kappa shape index (κ3) is 2.04. The fourth-order valence-corrected chi connectivity index (χ4v) is 1.57. The number of pyridine rings is 1. The van der Waals surface area contributed by atoms with Crippen molar-refractivity contribution in [2.75, 3.05) is 0 Å². The Kier molecular flexibility index (Phi) is 3.01. The molecule has 91 valence electrons. The molecule has 4 nitrogen and oxygen atoms in total. The number of nitro groups is 1. The van der Waals surface area contributed by atoms with E-state index in [1.54, 1.807) is 0 Å². The molecule has 0 aliphatic carbocycles. The Morgan fingerprint density at radius 2 is 2.06 bits per heavy atom. The molecule has 0 amide bonds. The predicted octanol–water partition coefficient (Wildman–Crippen LogP) is 3.12. The normalized spacial score (nSPS) is 10.4. The van der Waals surface area contributed by atoms with E-state index in [0.29, 0.717) is 0 Å². The molecule has 2 aromatic rings. The molecule has 0 aliphatic heterocycles. The fraction of sp³-hybridized carbons (Fsp3) is 0. The van der Waals surface area contributed by atoms with Crippen LogP contribution in [0.4, 0.5) is 14.5 Å². The zero-order valence-electron chi connectivity index (χ0n) is 9.06. The Morgan fingerprint density at radius 1 is 1.33 bits per heavy atom. The van der Waals surface area contributed by atoms with Crippen LogP contribution >= 0.6 is 0 Å². The molecule has 1 heterocycles. The quantitative estimate of drug-likeness (QED) is 0.607. The van der Waals surface area contributed by atoms with Gasteiger partial charge in [-0.25, -0.2) is 4.39 Å². The van der Waals surface area contributed by atoms with Crippen LogP contribution in [0, 0.1) is 28.7 Å². The summed E-state index contributed by atoms with van der Waals surface area (Å²) in [5.74, 6) is -1.61. The first-order chi connectivity index (χ1) is 8.50. The molecule has 0 N–H and O–H groups in total. The second kappa shape index (κ2) is 4.48. The van der Waals surface area contributed by atoms with E-state index in [1.807, 2.05) is 0 Å². The van der Waals surface area contributed by atoms with E-state index in [4.69, 9.17) is 0 Å². The zero-order valence-corrected chi connectivity index (χ0v) is 9.06. The first-order valence-corrected chi connectivity index (χ1v) is 4.91. The van der Waals surface area contributed by atoms with Gasteiger partial charge in [0.05, 0.1) is 16.8 Å². The van der Waals surface area contributed by atoms with E-state index < -0.39 is 22.2 Å². The Morgan fingerprint density at radius 3 is 2.67 bits per heavy atom. The number of rotatable bonds is 2. The Hall–Kier alpha value is -2.37. The van der Waals surface area contributed by atoms with Crippen molar-refractivity contribution < 1.29 is 13.7 Å². The molecule has 0 atom stereocenters. The van der Waals surface area contributed by atoms with Crippen LogP contribution in [-0.2, 0) is 0 Å². The Labute approximate surface area is 101 Å². The molecular formula is C12H7F2N2O2. The van der Waals surface area contributed by atoms with Crippen LogP contribution in [0.3, 0.4) is 0 Å². The molecule has 6 heteroatoms. The highest BCUT2D eigenvalue weighted by atomic mass is 19.1. The van der Waals surface area contributed by atoms with Crippen LogP contribution in [0.1, 0.15) is 5.56 Å². The van der Waals surface area contributed by atoms with Crippen LogP contribution in [0.2, 0.25) is 0 Å². The van der Waals surface area contributed by atoms with Gasteiger partial charge in [0.15, 0.2) is 0 Å². The number of benzene rings is 1. The SMILES string of the molecule is [CH2]c1cc(F)cnc1-c1cccc([N+](=O)[O-])c1F. The molecular weight excluding hydrogens is 242 g/mol. The number of halogens is 2. The van der Waals surface area contributed by atoms with E-state index in [-0.39, 0.29) is 16.8 Å². The lowest BCUT2D eigenvalue weighted by Gasteiger charge is -2.06. The second-order valence-electron chi connectivity index (χ2n) is 3.56. The molecule has 0 bridgehead atoms. The maximum Gasteiger partial charge on any atom is 0.305 e. The summed E-state index contributed by atoms with van der Waals surface area (Å²) in [7, 11) is 0. The van der Waals surface area contributed by atoms with Gasteiger partial charge in [-0.15, -0.1) is 0 Å². The number of hydrogen-bond acceptors (Lipinski definition) is 3. The maximum atomic E-state index is 13.9. The van der Waals surface area contributed by atoms with E-state index in [1.165, 1.54) is 12.1 Å². The molecule has 18 heavy (non-hydrogen) atoms. The summed E-state index contributed by atoms with van der Waals surface area (Å²) in [6.07, 6.45) is 0.905. The van der Waals surface area contributed by atoms with Crippen molar-refractivity contribution in [2.24, 2.45) is 0 Å². The monoisotopic (exact) mass is 249 g/mol. The van der Waals surface area contributed by atoms with Crippen LogP contribution in [0.25, 0.3) is 11.3 Å². The van der Waals surface area contributed by atoms with E-state index in [0.717, 1.165) is 18.3 Å². The summed E-state index contributed by atoms with van der Waals surface area (Å²) in [6, 6.07) is 4.80. The summed E-state index contributed by atoms with van der Waals surface area (Å²) in [6.45, 7) is 3.53.